The van der Waals surface area contributed by atoms with Crippen molar-refractivity contribution in [3.8, 4) is 10.4 Å². The molecule has 2 heterocycles. The van der Waals surface area contributed by atoms with Gasteiger partial charge in [0, 0.05) is 11.3 Å². The molecule has 0 unspecified atom stereocenters. The minimum absolute atomic E-state index is 0.00724. The molecule has 0 aliphatic heterocycles. The maximum absolute atomic E-state index is 12.7. The zero-order valence-electron chi connectivity index (χ0n) is 15.5. The van der Waals surface area contributed by atoms with Gasteiger partial charge >= 0.3 is 5.97 Å². The number of carbonyl (C=O) groups excluding carboxylic acids is 1. The van der Waals surface area contributed by atoms with E-state index in [-0.39, 0.29) is 23.7 Å². The number of hydrogen-bond donors (Lipinski definition) is 1. The molecule has 0 amide bonds. The molecule has 29 heavy (non-hydrogen) atoms. The second kappa shape index (κ2) is 6.97. The van der Waals surface area contributed by atoms with Gasteiger partial charge in [-0.05, 0) is 59.0 Å². The third-order valence-electron chi connectivity index (χ3n) is 5.33. The molecule has 1 aliphatic rings. The van der Waals surface area contributed by atoms with E-state index < -0.39 is 5.97 Å². The predicted octanol–water partition coefficient (Wildman–Crippen LogP) is 5.17. The lowest BCUT2D eigenvalue weighted by Gasteiger charge is -2.06. The highest BCUT2D eigenvalue weighted by Crippen LogP contribution is 2.36. The quantitative estimate of drug-likeness (QED) is 0.465. The van der Waals surface area contributed by atoms with Crippen LogP contribution < -0.4 is 0 Å². The molecule has 0 saturated carbocycles. The number of Topliss-reactive ketones (excluding diaryl/α,β-unsaturated/α-hetero) is 1. The fourth-order valence-corrected chi connectivity index (χ4v) is 4.98. The van der Waals surface area contributed by atoms with Gasteiger partial charge in [-0.15, -0.1) is 11.3 Å². The van der Waals surface area contributed by atoms with Crippen LogP contribution in [0.4, 0.5) is 0 Å². The van der Waals surface area contributed by atoms with Gasteiger partial charge < -0.3 is 9.52 Å². The van der Waals surface area contributed by atoms with Crippen LogP contribution in [-0.4, -0.2) is 21.8 Å². The van der Waals surface area contributed by atoms with Crippen molar-refractivity contribution in [2.75, 3.05) is 0 Å². The summed E-state index contributed by atoms with van der Waals surface area (Å²) in [6, 6.07) is 13.3. The summed E-state index contributed by atoms with van der Waals surface area (Å²) >= 11 is 1.36. The summed E-state index contributed by atoms with van der Waals surface area (Å²) in [7, 11) is 0. The fraction of sp³-hybridized carbons (Fsp3) is 0.174. The van der Waals surface area contributed by atoms with Crippen LogP contribution in [-0.2, 0) is 19.3 Å². The predicted molar refractivity (Wildman–Crippen MR) is 111 cm³/mol. The molecule has 0 spiro atoms. The molecule has 144 valence electrons. The molecule has 2 aromatic carbocycles. The average molecular weight is 403 g/mol. The second-order valence-electron chi connectivity index (χ2n) is 7.19. The molecule has 0 fully saturated rings. The molecule has 1 aliphatic carbocycles. The van der Waals surface area contributed by atoms with E-state index in [1.54, 1.807) is 17.5 Å². The number of ketones is 1. The van der Waals surface area contributed by atoms with Crippen molar-refractivity contribution in [2.45, 2.75) is 25.7 Å². The Labute approximate surface area is 170 Å². The van der Waals surface area contributed by atoms with Crippen molar-refractivity contribution in [1.82, 2.24) is 4.98 Å². The summed E-state index contributed by atoms with van der Waals surface area (Å²) in [5.41, 5.74) is 5.36. The van der Waals surface area contributed by atoms with Crippen LogP contribution >= 0.6 is 11.3 Å². The van der Waals surface area contributed by atoms with Gasteiger partial charge in [-0.2, -0.15) is 0 Å². The minimum atomic E-state index is -1.03. The number of fused-ring (bicyclic) bond motifs is 2. The topological polar surface area (TPSA) is 80.4 Å². The smallest absolute Gasteiger partial charge is 0.337 e. The van der Waals surface area contributed by atoms with Crippen molar-refractivity contribution in [1.29, 1.82) is 0 Å². The number of hydrogen-bond acceptors (Lipinski definition) is 5. The van der Waals surface area contributed by atoms with Crippen LogP contribution in [0, 0.1) is 0 Å². The van der Waals surface area contributed by atoms with Crippen LogP contribution in [0.5, 0.6) is 0 Å². The number of oxazole rings is 1. The van der Waals surface area contributed by atoms with Crippen LogP contribution in [0.2, 0.25) is 0 Å². The van der Waals surface area contributed by atoms with E-state index in [1.807, 2.05) is 18.2 Å². The van der Waals surface area contributed by atoms with E-state index in [9.17, 15) is 14.7 Å². The van der Waals surface area contributed by atoms with E-state index in [1.165, 1.54) is 22.5 Å². The standard InChI is InChI=1S/C23H17NO4S/c25-18(22-24-17-6-1-2-7-19(17)28-22)11-16-12-29-21(20(16)23(26)27)15-9-8-13-4-3-5-14(13)10-15/h1-2,6-10,12H,3-5,11H2,(H,26,27). The SMILES string of the molecule is O=C(Cc1csc(-c2ccc3c(c2)CCC3)c1C(=O)O)c1nc2ccccc2o1. The van der Waals surface area contributed by atoms with E-state index in [2.05, 4.69) is 17.1 Å². The molecule has 0 saturated heterocycles. The molecule has 1 N–H and O–H groups in total. The van der Waals surface area contributed by atoms with Crippen molar-refractivity contribution in [3.63, 3.8) is 0 Å². The number of carboxylic acid groups (broad SMARTS) is 1. The van der Waals surface area contributed by atoms with E-state index in [4.69, 9.17) is 4.42 Å². The Morgan fingerprint density at radius 2 is 1.93 bits per heavy atom. The van der Waals surface area contributed by atoms with Gasteiger partial charge in [0.25, 0.3) is 5.89 Å². The Balaban J connectivity index is 1.49. The van der Waals surface area contributed by atoms with E-state index >= 15 is 0 Å². The van der Waals surface area contributed by atoms with Crippen molar-refractivity contribution < 1.29 is 19.1 Å². The minimum Gasteiger partial charge on any atom is -0.478 e. The molecular weight excluding hydrogens is 386 g/mol. The summed E-state index contributed by atoms with van der Waals surface area (Å²) in [6.07, 6.45) is 3.19. The second-order valence-corrected chi connectivity index (χ2v) is 8.07. The first-order chi connectivity index (χ1) is 14.1. The molecule has 5 rings (SSSR count). The molecule has 0 radical (unpaired) electrons. The first-order valence-corrected chi connectivity index (χ1v) is 10.3. The van der Waals surface area contributed by atoms with Gasteiger partial charge in [-0.3, -0.25) is 4.79 Å². The summed E-state index contributed by atoms with van der Waals surface area (Å²) in [5.74, 6) is -1.35. The first-order valence-electron chi connectivity index (χ1n) is 9.45. The molecular formula is C23H17NO4S. The highest BCUT2D eigenvalue weighted by atomic mass is 32.1. The Bertz CT molecular complexity index is 1230. The number of carbonyl (C=O) groups is 2. The number of aromatic carboxylic acids is 1. The van der Waals surface area contributed by atoms with Crippen molar-refractivity contribution in [2.24, 2.45) is 0 Å². The lowest BCUT2D eigenvalue weighted by Crippen LogP contribution is -2.08. The van der Waals surface area contributed by atoms with Gasteiger partial charge in [0.15, 0.2) is 5.58 Å². The monoisotopic (exact) mass is 403 g/mol. The molecule has 6 heteroatoms. The average Bonchev–Trinajstić information content (AvgIpc) is 3.44. The summed E-state index contributed by atoms with van der Waals surface area (Å²) < 4.78 is 5.54. The summed E-state index contributed by atoms with van der Waals surface area (Å²) in [5, 5.41) is 11.6. The number of nitrogens with zero attached hydrogens (tertiary/aromatic N) is 1. The van der Waals surface area contributed by atoms with Gasteiger partial charge in [0.05, 0.1) is 5.56 Å². The number of carboxylic acids is 1. The maximum atomic E-state index is 12.7. The number of rotatable bonds is 5. The number of aryl methyl sites for hydroxylation is 2. The molecule has 0 atom stereocenters. The maximum Gasteiger partial charge on any atom is 0.337 e. The summed E-state index contributed by atoms with van der Waals surface area (Å²) in [6.45, 7) is 0. The highest BCUT2D eigenvalue weighted by Gasteiger charge is 2.24. The highest BCUT2D eigenvalue weighted by molar-refractivity contribution is 7.14. The van der Waals surface area contributed by atoms with Crippen LogP contribution in [0.15, 0.2) is 52.3 Å². The van der Waals surface area contributed by atoms with Crippen molar-refractivity contribution >= 4 is 34.2 Å². The number of benzene rings is 2. The Kier molecular flexibility index (Phi) is 4.28. The normalized spacial score (nSPS) is 13.0. The van der Waals surface area contributed by atoms with Gasteiger partial charge in [0.2, 0.25) is 5.78 Å². The third-order valence-corrected chi connectivity index (χ3v) is 6.40. The molecule has 5 nitrogen and oxygen atoms in total. The number of para-hydroxylation sites is 2. The zero-order valence-corrected chi connectivity index (χ0v) is 16.3. The van der Waals surface area contributed by atoms with Crippen LogP contribution in [0.25, 0.3) is 21.5 Å². The van der Waals surface area contributed by atoms with Crippen molar-refractivity contribution in [3.05, 3.63) is 76.0 Å². The fourth-order valence-electron chi connectivity index (χ4n) is 3.92. The molecule has 2 aromatic heterocycles. The van der Waals surface area contributed by atoms with Gasteiger partial charge in [-0.1, -0.05) is 30.3 Å². The largest absolute Gasteiger partial charge is 0.478 e. The lowest BCUT2D eigenvalue weighted by molar-refractivity contribution is 0.0697. The van der Waals surface area contributed by atoms with E-state index in [0.717, 1.165) is 24.8 Å². The van der Waals surface area contributed by atoms with Gasteiger partial charge in [-0.25, -0.2) is 9.78 Å². The van der Waals surface area contributed by atoms with Crippen LogP contribution in [0.1, 0.15) is 44.2 Å². The molecule has 0 bridgehead atoms. The van der Waals surface area contributed by atoms with Gasteiger partial charge in [0.1, 0.15) is 5.52 Å². The summed E-state index contributed by atoms with van der Waals surface area (Å²) in [4.78, 5) is 29.7. The lowest BCUT2D eigenvalue weighted by atomic mass is 10.00. The Morgan fingerprint density at radius 3 is 2.76 bits per heavy atom. The van der Waals surface area contributed by atoms with Crippen LogP contribution in [0.3, 0.4) is 0 Å². The number of aromatic nitrogens is 1. The number of thiophene rings is 1. The Hall–Kier alpha value is -3.25. The zero-order chi connectivity index (χ0) is 20.0. The molecule has 4 aromatic rings. The Morgan fingerprint density at radius 1 is 1.10 bits per heavy atom. The van der Waals surface area contributed by atoms with E-state index in [0.29, 0.717) is 21.5 Å². The first kappa shape index (κ1) is 17.8. The third kappa shape index (κ3) is 3.15.